The van der Waals surface area contributed by atoms with Crippen molar-refractivity contribution in [3.05, 3.63) is 53.9 Å². The van der Waals surface area contributed by atoms with E-state index >= 15 is 0 Å². The maximum absolute atomic E-state index is 12.7. The van der Waals surface area contributed by atoms with Crippen molar-refractivity contribution in [2.24, 2.45) is 5.41 Å². The highest BCUT2D eigenvalue weighted by atomic mass is 16.5. The molecule has 1 atom stereocenters. The Morgan fingerprint density at radius 2 is 2.00 bits per heavy atom. The maximum Gasteiger partial charge on any atom is 0.272 e. The first-order chi connectivity index (χ1) is 13.1. The van der Waals surface area contributed by atoms with Crippen LogP contribution >= 0.6 is 0 Å². The quantitative estimate of drug-likeness (QED) is 0.785. The number of hydrogen-bond donors (Lipinski definition) is 0. The third-order valence-corrected chi connectivity index (χ3v) is 5.87. The molecule has 1 aromatic heterocycles. The van der Waals surface area contributed by atoms with Crippen molar-refractivity contribution < 1.29 is 9.53 Å². The van der Waals surface area contributed by atoms with Crippen molar-refractivity contribution in [2.45, 2.75) is 32.5 Å². The second kappa shape index (κ2) is 7.44. The van der Waals surface area contributed by atoms with Crippen molar-refractivity contribution in [3.8, 4) is 0 Å². The van der Waals surface area contributed by atoms with E-state index in [4.69, 9.17) is 4.74 Å². The molecule has 2 fully saturated rings. The number of amides is 1. The first kappa shape index (κ1) is 18.2. The fraction of sp³-hybridized carbons (Fsp3) is 0.524. The maximum atomic E-state index is 12.7. The summed E-state index contributed by atoms with van der Waals surface area (Å²) in [6, 6.07) is 12.5. The van der Waals surface area contributed by atoms with Crippen LogP contribution in [0.25, 0.3) is 0 Å². The highest BCUT2D eigenvalue weighted by Crippen LogP contribution is 2.42. The molecule has 6 heteroatoms. The lowest BCUT2D eigenvalue weighted by atomic mass is 9.77. The van der Waals surface area contributed by atoms with Crippen molar-refractivity contribution in [1.82, 2.24) is 19.6 Å². The summed E-state index contributed by atoms with van der Waals surface area (Å²) in [5.74, 6) is 0.103. The highest BCUT2D eigenvalue weighted by molar-refractivity contribution is 5.93. The van der Waals surface area contributed by atoms with E-state index in [0.29, 0.717) is 18.3 Å². The molecule has 2 saturated heterocycles. The van der Waals surface area contributed by atoms with Gasteiger partial charge in [-0.1, -0.05) is 30.3 Å². The number of carbonyl (C=O) groups excluding carboxylic acids is 1. The summed E-state index contributed by atoms with van der Waals surface area (Å²) in [5, 5.41) is 4.21. The summed E-state index contributed by atoms with van der Waals surface area (Å²) < 4.78 is 7.74. The number of likely N-dealkylation sites (tertiary alicyclic amines) is 2. The molecule has 0 N–H and O–H groups in total. The monoisotopic (exact) mass is 368 g/mol. The molecule has 1 unspecified atom stereocenters. The topological polar surface area (TPSA) is 50.6 Å². The van der Waals surface area contributed by atoms with Crippen LogP contribution in [0.1, 0.15) is 29.4 Å². The summed E-state index contributed by atoms with van der Waals surface area (Å²) in [6.07, 6.45) is 2.80. The fourth-order valence-electron chi connectivity index (χ4n) is 4.52. The van der Waals surface area contributed by atoms with Gasteiger partial charge in [0.25, 0.3) is 5.91 Å². The molecular formula is C21H28N4O2. The van der Waals surface area contributed by atoms with Gasteiger partial charge in [0.1, 0.15) is 5.69 Å². The minimum atomic E-state index is 0.103. The zero-order valence-electron chi connectivity index (χ0n) is 16.2. The van der Waals surface area contributed by atoms with E-state index in [0.717, 1.165) is 39.2 Å². The van der Waals surface area contributed by atoms with Gasteiger partial charge in [-0.3, -0.25) is 9.48 Å². The van der Waals surface area contributed by atoms with Gasteiger partial charge < -0.3 is 14.5 Å². The minimum Gasteiger partial charge on any atom is -0.375 e. The second-order valence-electron chi connectivity index (χ2n) is 7.97. The molecule has 4 rings (SSSR count). The third kappa shape index (κ3) is 3.64. The number of aromatic nitrogens is 2. The lowest BCUT2D eigenvalue weighted by Crippen LogP contribution is -2.59. The Morgan fingerprint density at radius 1 is 1.22 bits per heavy atom. The third-order valence-electron chi connectivity index (χ3n) is 5.87. The van der Waals surface area contributed by atoms with Crippen molar-refractivity contribution in [1.29, 1.82) is 0 Å². The molecular weight excluding hydrogens is 340 g/mol. The van der Waals surface area contributed by atoms with Crippen LogP contribution in [0.4, 0.5) is 0 Å². The number of carbonyl (C=O) groups is 1. The van der Waals surface area contributed by atoms with E-state index in [2.05, 4.69) is 29.2 Å². The first-order valence-electron chi connectivity index (χ1n) is 9.73. The van der Waals surface area contributed by atoms with Crippen LogP contribution in [0.3, 0.4) is 0 Å². The molecule has 0 aliphatic carbocycles. The van der Waals surface area contributed by atoms with Gasteiger partial charge in [0, 0.05) is 43.8 Å². The Bertz CT molecular complexity index is 782. The normalized spacial score (nSPS) is 21.6. The van der Waals surface area contributed by atoms with Gasteiger partial charge in [0.15, 0.2) is 0 Å². The van der Waals surface area contributed by atoms with Crippen LogP contribution in [0, 0.1) is 5.41 Å². The van der Waals surface area contributed by atoms with E-state index in [1.165, 1.54) is 5.56 Å². The lowest BCUT2D eigenvalue weighted by molar-refractivity contribution is 0.00994. The number of ether oxygens (including phenoxy) is 1. The fourth-order valence-corrected chi connectivity index (χ4v) is 4.52. The highest BCUT2D eigenvalue weighted by Gasteiger charge is 2.52. The van der Waals surface area contributed by atoms with E-state index in [-0.39, 0.29) is 11.3 Å². The lowest BCUT2D eigenvalue weighted by Gasteiger charge is -2.48. The van der Waals surface area contributed by atoms with Gasteiger partial charge >= 0.3 is 0 Å². The SMILES string of the molecule is CCn1nccc1C(=O)N1CC2(CC(COCc3ccccc3)N(C)C2)C1. The average Bonchev–Trinajstić information content (AvgIpc) is 3.25. The van der Waals surface area contributed by atoms with Crippen LogP contribution in [0.2, 0.25) is 0 Å². The van der Waals surface area contributed by atoms with Gasteiger partial charge in [-0.25, -0.2) is 0 Å². The van der Waals surface area contributed by atoms with Gasteiger partial charge in [-0.05, 0) is 32.0 Å². The molecule has 2 aromatic rings. The molecule has 0 radical (unpaired) electrons. The summed E-state index contributed by atoms with van der Waals surface area (Å²) in [5.41, 5.74) is 2.13. The number of nitrogens with zero attached hydrogens (tertiary/aromatic N) is 4. The first-order valence-corrected chi connectivity index (χ1v) is 9.73. The molecule has 2 aliphatic heterocycles. The van der Waals surface area contributed by atoms with Crippen LogP contribution in [0.5, 0.6) is 0 Å². The Kier molecular flexibility index (Phi) is 5.02. The zero-order valence-corrected chi connectivity index (χ0v) is 16.2. The molecule has 3 heterocycles. The van der Waals surface area contributed by atoms with E-state index < -0.39 is 0 Å². The molecule has 144 valence electrons. The second-order valence-corrected chi connectivity index (χ2v) is 7.97. The number of likely N-dealkylation sites (N-methyl/N-ethyl adjacent to an activating group) is 1. The largest absolute Gasteiger partial charge is 0.375 e. The van der Waals surface area contributed by atoms with Gasteiger partial charge in [-0.15, -0.1) is 0 Å². The zero-order chi connectivity index (χ0) is 18.9. The summed E-state index contributed by atoms with van der Waals surface area (Å²) in [6.45, 7) is 6.82. The van der Waals surface area contributed by atoms with Crippen LogP contribution < -0.4 is 0 Å². The van der Waals surface area contributed by atoms with E-state index in [1.54, 1.807) is 10.9 Å². The van der Waals surface area contributed by atoms with Gasteiger partial charge in [0.05, 0.1) is 13.2 Å². The van der Waals surface area contributed by atoms with Gasteiger partial charge in [0.2, 0.25) is 0 Å². The molecule has 0 bridgehead atoms. The summed E-state index contributed by atoms with van der Waals surface area (Å²) in [4.78, 5) is 17.1. The summed E-state index contributed by atoms with van der Waals surface area (Å²) >= 11 is 0. The molecule has 1 spiro atoms. The van der Waals surface area contributed by atoms with Crippen LogP contribution in [0.15, 0.2) is 42.6 Å². The van der Waals surface area contributed by atoms with E-state index in [1.807, 2.05) is 36.1 Å². The number of benzene rings is 1. The average molecular weight is 368 g/mol. The van der Waals surface area contributed by atoms with Crippen LogP contribution in [-0.2, 0) is 17.9 Å². The summed E-state index contributed by atoms with van der Waals surface area (Å²) in [7, 11) is 2.17. The van der Waals surface area contributed by atoms with E-state index in [9.17, 15) is 4.79 Å². The van der Waals surface area contributed by atoms with Crippen LogP contribution in [-0.4, -0.2) is 64.8 Å². The van der Waals surface area contributed by atoms with Crippen molar-refractivity contribution in [3.63, 3.8) is 0 Å². The molecule has 0 saturated carbocycles. The predicted molar refractivity (Wildman–Crippen MR) is 103 cm³/mol. The molecule has 1 aromatic carbocycles. The minimum absolute atomic E-state index is 0.103. The Morgan fingerprint density at radius 3 is 2.74 bits per heavy atom. The number of rotatable bonds is 6. The predicted octanol–water partition coefficient (Wildman–Crippen LogP) is 2.27. The van der Waals surface area contributed by atoms with Crippen molar-refractivity contribution in [2.75, 3.05) is 33.3 Å². The Labute approximate surface area is 160 Å². The number of hydrogen-bond acceptors (Lipinski definition) is 4. The smallest absolute Gasteiger partial charge is 0.272 e. The Balaban J connectivity index is 1.28. The molecule has 1 amide bonds. The molecule has 6 nitrogen and oxygen atoms in total. The van der Waals surface area contributed by atoms with Gasteiger partial charge in [-0.2, -0.15) is 5.10 Å². The standard InChI is InChI=1S/C21H28N4O2/c1-3-25-19(9-10-22-25)20(26)24-15-21(16-24)11-18(23(2)14-21)13-27-12-17-7-5-4-6-8-17/h4-10,18H,3,11-16H2,1-2H3. The number of aryl methyl sites for hydroxylation is 1. The Hall–Kier alpha value is -2.18. The molecule has 2 aliphatic rings. The van der Waals surface area contributed by atoms with Crippen molar-refractivity contribution >= 4 is 5.91 Å². The molecule has 27 heavy (non-hydrogen) atoms.